The number of fused-ring (bicyclic) bond motifs is 3. The molecule has 5 rings (SSSR count). The van der Waals surface area contributed by atoms with Crippen LogP contribution in [0.4, 0.5) is 21.9 Å². The fourth-order valence-corrected chi connectivity index (χ4v) is 7.11. The molecule has 3 amide bonds. The Morgan fingerprint density at radius 1 is 1.02 bits per heavy atom. The number of phenolic OH excluding ortho intramolecular Hbond substituents is 1. The molecule has 6 unspecified atom stereocenters. The Bertz CT molecular complexity index is 1640. The highest BCUT2D eigenvalue weighted by molar-refractivity contribution is 6.32. The van der Waals surface area contributed by atoms with Crippen LogP contribution in [0.1, 0.15) is 22.3 Å². The minimum Gasteiger partial charge on any atom is -0.505 e. The predicted molar refractivity (Wildman–Crippen MR) is 161 cm³/mol. The van der Waals surface area contributed by atoms with Crippen molar-refractivity contribution in [2.24, 2.45) is 29.4 Å². The lowest BCUT2D eigenvalue weighted by Crippen LogP contribution is -2.74. The molecule has 3 aliphatic carbocycles. The number of benzene rings is 2. The summed E-state index contributed by atoms with van der Waals surface area (Å²) in [6.07, 6.45) is 0.0209. The third-order valence-electron chi connectivity index (χ3n) is 9.12. The molecule has 238 valence electrons. The van der Waals surface area contributed by atoms with E-state index in [1.54, 1.807) is 43.3 Å². The highest BCUT2D eigenvalue weighted by Crippen LogP contribution is 2.52. The number of hydrogen-bond donors (Lipinski definition) is 5. The van der Waals surface area contributed by atoms with Crippen LogP contribution in [0.25, 0.3) is 0 Å². The molecule has 0 bridgehead atoms. The van der Waals surface area contributed by atoms with Gasteiger partial charge < -0.3 is 36.2 Å². The van der Waals surface area contributed by atoms with Crippen LogP contribution in [-0.2, 0) is 25.6 Å². The fraction of sp³-hybridized carbons (Fsp3) is 0.419. The zero-order chi connectivity index (χ0) is 33.1. The first-order valence-electron chi connectivity index (χ1n) is 14.3. The van der Waals surface area contributed by atoms with E-state index in [4.69, 9.17) is 10.5 Å². The van der Waals surface area contributed by atoms with Crippen molar-refractivity contribution in [1.82, 2.24) is 4.90 Å². The van der Waals surface area contributed by atoms with Gasteiger partial charge in [0.2, 0.25) is 5.91 Å². The van der Waals surface area contributed by atoms with E-state index in [0.29, 0.717) is 22.7 Å². The summed E-state index contributed by atoms with van der Waals surface area (Å²) in [5, 5.41) is 28.3. The summed E-state index contributed by atoms with van der Waals surface area (Å²) >= 11 is 0. The maximum atomic E-state index is 14.1. The third kappa shape index (κ3) is 4.90. The number of nitrogens with two attached hydrogens (primary N) is 1. The number of nitrogens with one attached hydrogen (secondary N) is 2. The number of amides is 3. The van der Waals surface area contributed by atoms with Crippen molar-refractivity contribution < 1.29 is 43.7 Å². The van der Waals surface area contributed by atoms with E-state index < -0.39 is 76.1 Å². The average Bonchev–Trinajstić information content (AvgIpc) is 2.96. The number of likely N-dealkylation sites (N-methyl/N-ethyl adjacent to an activating group) is 1. The van der Waals surface area contributed by atoms with Crippen molar-refractivity contribution in [2.75, 3.05) is 50.8 Å². The van der Waals surface area contributed by atoms with Crippen molar-refractivity contribution in [3.8, 4) is 11.5 Å². The molecule has 2 fully saturated rings. The number of rotatable bonds is 6. The van der Waals surface area contributed by atoms with Crippen LogP contribution >= 0.6 is 0 Å². The molecule has 6 N–H and O–H groups in total. The molecule has 14 nitrogen and oxygen atoms in total. The molecule has 0 saturated heterocycles. The zero-order valence-corrected chi connectivity index (χ0v) is 25.4. The number of carbonyl (C=O) groups is 6. The van der Waals surface area contributed by atoms with Crippen LogP contribution in [-0.4, -0.2) is 97.1 Å². The van der Waals surface area contributed by atoms with Crippen LogP contribution in [0.15, 0.2) is 30.3 Å². The van der Waals surface area contributed by atoms with Gasteiger partial charge in [-0.15, -0.1) is 0 Å². The summed E-state index contributed by atoms with van der Waals surface area (Å²) < 4.78 is 5.11. The molecule has 45 heavy (non-hydrogen) atoms. The number of nitrogens with zero attached hydrogens (tertiary/aromatic N) is 2. The number of anilines is 3. The lowest BCUT2D eigenvalue weighted by molar-refractivity contribution is -0.181. The van der Waals surface area contributed by atoms with Gasteiger partial charge in [0.25, 0.3) is 0 Å². The van der Waals surface area contributed by atoms with Crippen LogP contribution in [0, 0.1) is 23.7 Å². The van der Waals surface area contributed by atoms with Crippen molar-refractivity contribution in [3.63, 3.8) is 0 Å². The van der Waals surface area contributed by atoms with E-state index in [9.17, 15) is 39.0 Å². The number of carbonyl (C=O) groups excluding carboxylic acids is 6. The average molecular weight is 622 g/mol. The molecule has 0 radical (unpaired) electrons. The number of primary amides is 1. The largest absolute Gasteiger partial charge is 0.505 e. The molecule has 0 spiro atoms. The minimum absolute atomic E-state index is 0.0677. The Balaban J connectivity index is 1.55. The van der Waals surface area contributed by atoms with Gasteiger partial charge in [-0.3, -0.25) is 28.9 Å². The van der Waals surface area contributed by atoms with Gasteiger partial charge in [0, 0.05) is 31.4 Å². The van der Waals surface area contributed by atoms with Gasteiger partial charge in [-0.2, -0.15) is 0 Å². The Morgan fingerprint density at radius 3 is 2.22 bits per heavy atom. The van der Waals surface area contributed by atoms with Crippen molar-refractivity contribution in [2.45, 2.75) is 24.5 Å². The van der Waals surface area contributed by atoms with Crippen LogP contribution in [0.5, 0.6) is 11.5 Å². The third-order valence-corrected chi connectivity index (χ3v) is 9.12. The van der Waals surface area contributed by atoms with Gasteiger partial charge in [-0.05, 0) is 68.8 Å². The predicted octanol–water partition coefficient (Wildman–Crippen LogP) is 0.586. The Hall–Kier alpha value is -4.82. The molecule has 0 aliphatic heterocycles. The zero-order valence-electron chi connectivity index (χ0n) is 25.4. The van der Waals surface area contributed by atoms with Gasteiger partial charge >= 0.3 is 6.03 Å². The number of Topliss-reactive ketones (excluding diaryl/α,β-unsaturated/α-hetero) is 4. The second-order valence-electron chi connectivity index (χ2n) is 12.1. The quantitative estimate of drug-likeness (QED) is 0.223. The number of urea groups is 1. The molecule has 2 aromatic rings. The molecule has 14 heteroatoms. The van der Waals surface area contributed by atoms with E-state index in [-0.39, 0.29) is 24.1 Å². The molecule has 0 heterocycles. The second-order valence-corrected chi connectivity index (χ2v) is 12.1. The molecular weight excluding hydrogens is 586 g/mol. The van der Waals surface area contributed by atoms with E-state index in [1.165, 1.54) is 32.2 Å². The topological polar surface area (TPSA) is 209 Å². The monoisotopic (exact) mass is 621 g/mol. The molecule has 2 saturated carbocycles. The number of hydrogen-bond acceptors (Lipinski definition) is 11. The molecule has 6 atom stereocenters. The first-order chi connectivity index (χ1) is 21.1. The molecule has 0 aromatic heterocycles. The molecule has 2 aromatic carbocycles. The molecule has 3 aliphatic rings. The van der Waals surface area contributed by atoms with Gasteiger partial charge in [-0.1, -0.05) is 0 Å². The number of ether oxygens (including phenoxy) is 1. The van der Waals surface area contributed by atoms with Crippen LogP contribution < -0.4 is 26.0 Å². The summed E-state index contributed by atoms with van der Waals surface area (Å²) in [5.41, 5.74) is 3.52. The summed E-state index contributed by atoms with van der Waals surface area (Å²) in [4.78, 5) is 83.1. The fourth-order valence-electron chi connectivity index (χ4n) is 7.11. The van der Waals surface area contributed by atoms with Gasteiger partial charge in [0.1, 0.15) is 11.5 Å². The Kier molecular flexibility index (Phi) is 7.92. The highest BCUT2D eigenvalue weighted by atomic mass is 16.5. The number of phenols is 1. The maximum absolute atomic E-state index is 14.1. The van der Waals surface area contributed by atoms with Gasteiger partial charge in [0.15, 0.2) is 34.7 Å². The van der Waals surface area contributed by atoms with Gasteiger partial charge in [-0.25, -0.2) is 4.79 Å². The standard InChI is InChI=1S/C31H35N5O9/c1-35(2)19-12-18(34-30(43)33-14-6-8-15(45-5)9-7-14)24(37)21-16(19)10-13-11-17-23(36(3)4)26(39)22(29(32)42)28(41)31(17,44)27(40)20(13)25(21)38/h6-9,12-13,17,20,22-23,37,44H,10-11H2,1-5H3,(H2,32,42)(H2,33,34,43). The number of aromatic hydroxyl groups is 1. The van der Waals surface area contributed by atoms with E-state index in [2.05, 4.69) is 10.6 Å². The summed E-state index contributed by atoms with van der Waals surface area (Å²) in [5.74, 6) is -11.0. The molecular formula is C31H35N5O9. The van der Waals surface area contributed by atoms with E-state index >= 15 is 0 Å². The second kappa shape index (κ2) is 11.3. The van der Waals surface area contributed by atoms with Gasteiger partial charge in [0.05, 0.1) is 30.3 Å². The first-order valence-corrected chi connectivity index (χ1v) is 14.3. The van der Waals surface area contributed by atoms with E-state index in [1.807, 2.05) is 0 Å². The number of aliphatic hydroxyl groups is 1. The number of methoxy groups -OCH3 is 1. The van der Waals surface area contributed by atoms with Crippen LogP contribution in [0.2, 0.25) is 0 Å². The lowest BCUT2D eigenvalue weighted by Gasteiger charge is -2.52. The van der Waals surface area contributed by atoms with Crippen molar-refractivity contribution >= 4 is 52.1 Å². The van der Waals surface area contributed by atoms with E-state index in [0.717, 1.165) is 0 Å². The highest BCUT2D eigenvalue weighted by Gasteiger charge is 2.69. The van der Waals surface area contributed by atoms with Crippen molar-refractivity contribution in [1.29, 1.82) is 0 Å². The summed E-state index contributed by atoms with van der Waals surface area (Å²) in [7, 11) is 7.97. The smallest absolute Gasteiger partial charge is 0.323 e. The van der Waals surface area contributed by atoms with Crippen molar-refractivity contribution in [3.05, 3.63) is 41.5 Å². The lowest BCUT2D eigenvalue weighted by atomic mass is 9.52. The summed E-state index contributed by atoms with van der Waals surface area (Å²) in [6, 6.07) is 6.09. The Morgan fingerprint density at radius 2 is 1.67 bits per heavy atom. The summed E-state index contributed by atoms with van der Waals surface area (Å²) in [6.45, 7) is 0. The maximum Gasteiger partial charge on any atom is 0.323 e. The Labute approximate surface area is 258 Å². The minimum atomic E-state index is -2.83. The normalized spacial score (nSPS) is 27.3. The van der Waals surface area contributed by atoms with Crippen LogP contribution in [0.3, 0.4) is 0 Å². The first kappa shape index (κ1) is 31.6. The SMILES string of the molecule is COc1ccc(NC(=O)Nc2cc(N(C)C)c3c(c2O)C(=O)C2C(=O)C4(O)C(=O)C(C(N)=O)C(=O)C(N(C)C)C4CC2C3)cc1. The number of ketones is 4.